The van der Waals surface area contributed by atoms with Crippen LogP contribution >= 0.6 is 0 Å². The van der Waals surface area contributed by atoms with Gasteiger partial charge in [-0.05, 0) is 41.9 Å². The molecule has 0 fully saturated rings. The number of aryl methyl sites for hydroxylation is 1. The molecule has 1 heterocycles. The van der Waals surface area contributed by atoms with Gasteiger partial charge >= 0.3 is 0 Å². The van der Waals surface area contributed by atoms with Gasteiger partial charge < -0.3 is 4.23 Å². The van der Waals surface area contributed by atoms with Crippen molar-refractivity contribution >= 4 is 19.9 Å². The fraction of sp³-hybridized carbons (Fsp3) is 0.467. The fourth-order valence-corrected chi connectivity index (χ4v) is 6.71. The molecule has 0 aliphatic carbocycles. The SMILES string of the molecule is Cc1ccc(F)c2c1ccn2[SiH](C(C)C)C(C)C. The molecule has 0 amide bonds. The molecule has 2 aromatic rings. The summed E-state index contributed by atoms with van der Waals surface area (Å²) in [6, 6.07) is 5.53. The van der Waals surface area contributed by atoms with Crippen LogP contribution in [-0.2, 0) is 0 Å². The van der Waals surface area contributed by atoms with Crippen LogP contribution in [0.15, 0.2) is 24.4 Å². The Kier molecular flexibility index (Phi) is 3.62. The van der Waals surface area contributed by atoms with E-state index in [9.17, 15) is 4.39 Å². The first-order valence-electron chi connectivity index (χ1n) is 6.69. The van der Waals surface area contributed by atoms with Crippen LogP contribution in [0.3, 0.4) is 0 Å². The Morgan fingerprint density at radius 1 is 1.06 bits per heavy atom. The van der Waals surface area contributed by atoms with E-state index in [1.807, 2.05) is 13.0 Å². The van der Waals surface area contributed by atoms with E-state index in [2.05, 4.69) is 44.2 Å². The summed E-state index contributed by atoms with van der Waals surface area (Å²) in [6.45, 7) is 11.1. The summed E-state index contributed by atoms with van der Waals surface area (Å²) in [4.78, 5) is 0. The number of nitrogens with zero attached hydrogens (tertiary/aromatic N) is 1. The minimum atomic E-state index is -1.21. The van der Waals surface area contributed by atoms with Gasteiger partial charge in [0.1, 0.15) is 5.82 Å². The van der Waals surface area contributed by atoms with E-state index in [0.29, 0.717) is 11.1 Å². The first kappa shape index (κ1) is 13.3. The van der Waals surface area contributed by atoms with Gasteiger partial charge in [-0.3, -0.25) is 0 Å². The van der Waals surface area contributed by atoms with Crippen LogP contribution in [0.4, 0.5) is 4.39 Å². The summed E-state index contributed by atoms with van der Waals surface area (Å²) in [7, 11) is -1.21. The lowest BCUT2D eigenvalue weighted by molar-refractivity contribution is 0.635. The molecule has 18 heavy (non-hydrogen) atoms. The Bertz CT molecular complexity index is 549. The van der Waals surface area contributed by atoms with E-state index >= 15 is 0 Å². The van der Waals surface area contributed by atoms with Crippen LogP contribution < -0.4 is 0 Å². The number of benzene rings is 1. The highest BCUT2D eigenvalue weighted by atomic mass is 28.3. The van der Waals surface area contributed by atoms with Gasteiger partial charge in [-0.25, -0.2) is 4.39 Å². The number of hydrogen-bond acceptors (Lipinski definition) is 0. The number of hydrogen-bond donors (Lipinski definition) is 0. The highest BCUT2D eigenvalue weighted by Crippen LogP contribution is 2.29. The van der Waals surface area contributed by atoms with Gasteiger partial charge in [0.2, 0.25) is 0 Å². The van der Waals surface area contributed by atoms with E-state index in [4.69, 9.17) is 0 Å². The summed E-state index contributed by atoms with van der Waals surface area (Å²) in [5, 5.41) is 1.06. The maximum atomic E-state index is 14.1. The molecule has 0 aliphatic rings. The van der Waals surface area contributed by atoms with Crippen molar-refractivity contribution in [3.8, 4) is 0 Å². The summed E-state index contributed by atoms with van der Waals surface area (Å²) in [5.74, 6) is -0.0839. The molecule has 1 nitrogen and oxygen atoms in total. The minimum absolute atomic E-state index is 0.0839. The highest BCUT2D eigenvalue weighted by molar-refractivity contribution is 6.61. The Labute approximate surface area is 110 Å². The predicted octanol–water partition coefficient (Wildman–Crippen LogP) is 4.48. The molecule has 0 unspecified atom stereocenters. The monoisotopic (exact) mass is 263 g/mol. The lowest BCUT2D eigenvalue weighted by Crippen LogP contribution is -2.30. The van der Waals surface area contributed by atoms with Crippen molar-refractivity contribution < 1.29 is 4.39 Å². The highest BCUT2D eigenvalue weighted by Gasteiger charge is 2.24. The smallest absolute Gasteiger partial charge is 0.151 e. The molecule has 0 bridgehead atoms. The lowest BCUT2D eigenvalue weighted by atomic mass is 10.1. The fourth-order valence-electron chi connectivity index (χ4n) is 3.05. The zero-order valence-corrected chi connectivity index (χ0v) is 13.0. The van der Waals surface area contributed by atoms with E-state index in [-0.39, 0.29) is 5.82 Å². The van der Waals surface area contributed by atoms with Crippen LogP contribution in [0.2, 0.25) is 11.1 Å². The van der Waals surface area contributed by atoms with Gasteiger partial charge in [0, 0.05) is 5.39 Å². The Balaban J connectivity index is 2.68. The second-order valence-electron chi connectivity index (χ2n) is 5.83. The van der Waals surface area contributed by atoms with Crippen molar-refractivity contribution in [3.05, 3.63) is 35.8 Å². The Hall–Kier alpha value is -1.09. The molecular weight excluding hydrogens is 241 g/mol. The van der Waals surface area contributed by atoms with Gasteiger partial charge in [-0.2, -0.15) is 0 Å². The Morgan fingerprint density at radius 2 is 1.67 bits per heavy atom. The molecule has 0 aliphatic heterocycles. The molecule has 0 spiro atoms. The van der Waals surface area contributed by atoms with Crippen molar-refractivity contribution in [1.82, 2.24) is 4.23 Å². The number of rotatable bonds is 3. The normalized spacial score (nSPS) is 12.3. The first-order valence-corrected chi connectivity index (χ1v) is 8.54. The molecule has 0 radical (unpaired) electrons. The second kappa shape index (κ2) is 4.88. The molecule has 2 rings (SSSR count). The van der Waals surface area contributed by atoms with E-state index in [0.717, 1.165) is 16.5 Å². The van der Waals surface area contributed by atoms with Gasteiger partial charge in [-0.15, -0.1) is 0 Å². The molecule has 0 saturated heterocycles. The quantitative estimate of drug-likeness (QED) is 0.720. The third-order valence-corrected chi connectivity index (χ3v) is 7.54. The average Bonchev–Trinajstić information content (AvgIpc) is 2.68. The van der Waals surface area contributed by atoms with Gasteiger partial charge in [0.15, 0.2) is 8.96 Å². The van der Waals surface area contributed by atoms with E-state index in [1.54, 1.807) is 6.07 Å². The Morgan fingerprint density at radius 3 is 2.22 bits per heavy atom. The van der Waals surface area contributed by atoms with Crippen LogP contribution in [0, 0.1) is 12.7 Å². The lowest BCUT2D eigenvalue weighted by Gasteiger charge is -2.26. The standard InChI is InChI=1S/C15H22FNSi/c1-10(2)18(11(3)4)17-9-8-13-12(5)6-7-14(16)15(13)17/h6-11,18H,1-5H3. The maximum absolute atomic E-state index is 14.1. The van der Waals surface area contributed by atoms with E-state index in [1.165, 1.54) is 0 Å². The molecular formula is C15H22FNSi. The number of fused-ring (bicyclic) bond motifs is 1. The molecule has 0 N–H and O–H groups in total. The summed E-state index contributed by atoms with van der Waals surface area (Å²) in [5.41, 5.74) is 3.22. The van der Waals surface area contributed by atoms with Crippen LogP contribution in [0.25, 0.3) is 10.9 Å². The second-order valence-corrected chi connectivity index (χ2v) is 10.0. The minimum Gasteiger partial charge on any atom is -0.374 e. The largest absolute Gasteiger partial charge is 0.374 e. The molecule has 3 heteroatoms. The van der Waals surface area contributed by atoms with E-state index < -0.39 is 8.96 Å². The number of aromatic nitrogens is 1. The molecule has 98 valence electrons. The van der Waals surface area contributed by atoms with Crippen LogP contribution in [-0.4, -0.2) is 13.2 Å². The topological polar surface area (TPSA) is 4.93 Å². The molecule has 0 saturated carbocycles. The molecule has 1 aromatic carbocycles. The average molecular weight is 263 g/mol. The van der Waals surface area contributed by atoms with Crippen LogP contribution in [0.5, 0.6) is 0 Å². The number of halogens is 1. The third-order valence-electron chi connectivity index (χ3n) is 3.73. The first-order chi connectivity index (χ1) is 8.43. The maximum Gasteiger partial charge on any atom is 0.151 e. The zero-order chi connectivity index (χ0) is 13.4. The van der Waals surface area contributed by atoms with Crippen molar-refractivity contribution in [1.29, 1.82) is 0 Å². The van der Waals surface area contributed by atoms with Crippen LogP contribution in [0.1, 0.15) is 33.3 Å². The van der Waals surface area contributed by atoms with Crippen molar-refractivity contribution in [2.24, 2.45) is 0 Å². The predicted molar refractivity (Wildman–Crippen MR) is 79.4 cm³/mol. The molecule has 0 atom stereocenters. The summed E-state index contributed by atoms with van der Waals surface area (Å²) < 4.78 is 16.4. The van der Waals surface area contributed by atoms with Crippen molar-refractivity contribution in [2.75, 3.05) is 0 Å². The summed E-state index contributed by atoms with van der Waals surface area (Å²) in [6.07, 6.45) is 2.09. The third kappa shape index (κ3) is 2.12. The van der Waals surface area contributed by atoms with Gasteiger partial charge in [-0.1, -0.05) is 33.8 Å². The summed E-state index contributed by atoms with van der Waals surface area (Å²) >= 11 is 0. The van der Waals surface area contributed by atoms with Gasteiger partial charge in [0.05, 0.1) is 5.52 Å². The zero-order valence-electron chi connectivity index (χ0n) is 11.9. The van der Waals surface area contributed by atoms with Crippen molar-refractivity contribution in [3.63, 3.8) is 0 Å². The molecule has 1 aromatic heterocycles. The van der Waals surface area contributed by atoms with Crippen molar-refractivity contribution in [2.45, 2.75) is 45.7 Å². The van der Waals surface area contributed by atoms with Gasteiger partial charge in [0.25, 0.3) is 0 Å².